The average molecular weight is 423 g/mol. The van der Waals surface area contributed by atoms with Crippen LogP contribution >= 0.6 is 0 Å². The zero-order chi connectivity index (χ0) is 21.6. The third-order valence-electron chi connectivity index (χ3n) is 6.42. The fourth-order valence-corrected chi connectivity index (χ4v) is 4.69. The normalized spacial score (nSPS) is 20.5. The predicted octanol–water partition coefficient (Wildman–Crippen LogP) is 3.77. The number of carbonyl (C=O) groups is 1. The van der Waals surface area contributed by atoms with Gasteiger partial charge in [-0.2, -0.15) is 0 Å². The number of hydrogen-bond donors (Lipinski definition) is 0. The fraction of sp³-hybridized carbons (Fsp3) is 0.500. The molecule has 0 amide bonds. The molecule has 0 aromatic heterocycles. The second-order valence-corrected chi connectivity index (χ2v) is 8.74. The van der Waals surface area contributed by atoms with Gasteiger partial charge in [0.05, 0.1) is 38.5 Å². The second kappa shape index (κ2) is 10.5. The fourth-order valence-electron chi connectivity index (χ4n) is 4.69. The van der Waals surface area contributed by atoms with E-state index in [9.17, 15) is 4.79 Å². The lowest BCUT2D eigenvalue weighted by atomic mass is 9.88. The van der Waals surface area contributed by atoms with Crippen molar-refractivity contribution >= 4 is 5.78 Å². The maximum absolute atomic E-state index is 14.1. The van der Waals surface area contributed by atoms with Crippen molar-refractivity contribution in [3.63, 3.8) is 0 Å². The highest BCUT2D eigenvalue weighted by Crippen LogP contribution is 2.32. The van der Waals surface area contributed by atoms with Crippen LogP contribution < -0.4 is 0 Å². The summed E-state index contributed by atoms with van der Waals surface area (Å²) < 4.78 is 11.3. The second-order valence-electron chi connectivity index (χ2n) is 8.74. The van der Waals surface area contributed by atoms with Gasteiger partial charge in [-0.25, -0.2) is 0 Å². The van der Waals surface area contributed by atoms with Crippen LogP contribution in [0, 0.1) is 0 Å². The highest BCUT2D eigenvalue weighted by atomic mass is 16.5. The Balaban J connectivity index is 1.76. The molecule has 4 rings (SSSR count). The van der Waals surface area contributed by atoms with Crippen molar-refractivity contribution in [2.24, 2.45) is 0 Å². The Morgan fingerprint density at radius 3 is 1.97 bits per heavy atom. The van der Waals surface area contributed by atoms with Gasteiger partial charge in [0.1, 0.15) is 0 Å². The Bertz CT molecular complexity index is 843. The molecule has 0 bridgehead atoms. The van der Waals surface area contributed by atoms with Crippen LogP contribution in [0.1, 0.15) is 47.3 Å². The minimum absolute atomic E-state index is 0.0154. The van der Waals surface area contributed by atoms with Gasteiger partial charge in [0.25, 0.3) is 0 Å². The van der Waals surface area contributed by atoms with Crippen LogP contribution in [-0.2, 0) is 9.47 Å². The van der Waals surface area contributed by atoms with E-state index in [1.54, 1.807) is 0 Å². The molecule has 5 heteroatoms. The van der Waals surface area contributed by atoms with Gasteiger partial charge in [0.2, 0.25) is 0 Å². The molecule has 0 aliphatic carbocycles. The van der Waals surface area contributed by atoms with Crippen LogP contribution in [0.5, 0.6) is 0 Å². The Kier molecular flexibility index (Phi) is 7.51. The molecule has 2 fully saturated rings. The maximum Gasteiger partial charge on any atom is 0.181 e. The minimum atomic E-state index is -0.258. The summed E-state index contributed by atoms with van der Waals surface area (Å²) in [6.45, 7) is 10.3. The summed E-state index contributed by atoms with van der Waals surface area (Å²) >= 11 is 0. The monoisotopic (exact) mass is 422 g/mol. The summed E-state index contributed by atoms with van der Waals surface area (Å²) in [6.07, 6.45) is 0. The van der Waals surface area contributed by atoms with Crippen LogP contribution in [0.3, 0.4) is 0 Å². The van der Waals surface area contributed by atoms with E-state index in [0.717, 1.165) is 31.7 Å². The number of ketones is 1. The molecule has 166 valence electrons. The Morgan fingerprint density at radius 1 is 0.774 bits per heavy atom. The van der Waals surface area contributed by atoms with E-state index in [2.05, 4.69) is 60.0 Å². The van der Waals surface area contributed by atoms with Crippen molar-refractivity contribution in [3.05, 3.63) is 71.3 Å². The lowest BCUT2D eigenvalue weighted by molar-refractivity contribution is -0.0301. The van der Waals surface area contributed by atoms with Gasteiger partial charge < -0.3 is 9.47 Å². The Labute approximate surface area is 185 Å². The molecule has 2 heterocycles. The van der Waals surface area contributed by atoms with Crippen LogP contribution in [0.4, 0.5) is 0 Å². The summed E-state index contributed by atoms with van der Waals surface area (Å²) in [5.41, 5.74) is 3.19. The lowest BCUT2D eigenvalue weighted by Gasteiger charge is -2.44. The number of benzene rings is 2. The molecular weight excluding hydrogens is 388 g/mol. The molecule has 0 unspecified atom stereocenters. The lowest BCUT2D eigenvalue weighted by Crippen LogP contribution is -2.55. The molecule has 2 aromatic rings. The smallest absolute Gasteiger partial charge is 0.181 e. The van der Waals surface area contributed by atoms with Gasteiger partial charge in [0, 0.05) is 31.7 Å². The van der Waals surface area contributed by atoms with Crippen LogP contribution in [0.15, 0.2) is 54.6 Å². The molecule has 5 nitrogen and oxygen atoms in total. The Morgan fingerprint density at radius 2 is 1.35 bits per heavy atom. The summed E-state index contributed by atoms with van der Waals surface area (Å²) in [5, 5.41) is 0. The minimum Gasteiger partial charge on any atom is -0.379 e. The van der Waals surface area contributed by atoms with Crippen LogP contribution in [-0.4, -0.2) is 74.2 Å². The molecule has 0 radical (unpaired) electrons. The Hall–Kier alpha value is -2.05. The summed E-state index contributed by atoms with van der Waals surface area (Å²) in [4.78, 5) is 18.9. The number of morpholine rings is 2. The number of carbonyl (C=O) groups excluding carboxylic acids is 1. The molecule has 2 saturated heterocycles. The number of Topliss-reactive ketones (excluding diaryl/α,β-unsaturated/α-hetero) is 1. The SMILES string of the molecule is CC(C)c1cccc(C(=O)[C@H]([C@@H](c2ccccc2)N2CCOCC2)N2CCOCC2)c1. The first-order valence-corrected chi connectivity index (χ1v) is 11.5. The van der Waals surface area contributed by atoms with Crippen LogP contribution in [0.2, 0.25) is 0 Å². The first kappa shape index (κ1) is 22.2. The predicted molar refractivity (Wildman–Crippen MR) is 123 cm³/mol. The van der Waals surface area contributed by atoms with Gasteiger partial charge in [0.15, 0.2) is 5.78 Å². The topological polar surface area (TPSA) is 42.0 Å². The van der Waals surface area contributed by atoms with Crippen LogP contribution in [0.25, 0.3) is 0 Å². The highest BCUT2D eigenvalue weighted by molar-refractivity contribution is 6.01. The molecule has 31 heavy (non-hydrogen) atoms. The summed E-state index contributed by atoms with van der Waals surface area (Å²) in [6, 6.07) is 18.4. The van der Waals surface area contributed by atoms with Gasteiger partial charge in [-0.1, -0.05) is 62.4 Å². The van der Waals surface area contributed by atoms with Gasteiger partial charge >= 0.3 is 0 Å². The standard InChI is InChI=1S/C26H34N2O3/c1-20(2)22-9-6-10-23(19-22)26(29)25(28-13-17-31-18-14-28)24(21-7-4-3-5-8-21)27-11-15-30-16-12-27/h3-10,19-20,24-25H,11-18H2,1-2H3/t24-,25+/m1/s1. The quantitative estimate of drug-likeness (QED) is 0.636. The van der Waals surface area contributed by atoms with E-state index in [-0.39, 0.29) is 17.9 Å². The first-order valence-electron chi connectivity index (χ1n) is 11.5. The van der Waals surface area contributed by atoms with Crippen molar-refractivity contribution in [2.45, 2.75) is 31.8 Å². The molecule has 2 atom stereocenters. The average Bonchev–Trinajstić information content (AvgIpc) is 2.84. The van der Waals surface area contributed by atoms with E-state index in [4.69, 9.17) is 9.47 Å². The van der Waals surface area contributed by atoms with Crippen molar-refractivity contribution in [3.8, 4) is 0 Å². The first-order chi connectivity index (χ1) is 15.1. The molecule has 0 saturated carbocycles. The zero-order valence-electron chi connectivity index (χ0n) is 18.7. The molecule has 0 N–H and O–H groups in total. The number of ether oxygens (including phenoxy) is 2. The molecule has 0 spiro atoms. The summed E-state index contributed by atoms with van der Waals surface area (Å²) in [7, 11) is 0. The van der Waals surface area contributed by atoms with E-state index >= 15 is 0 Å². The van der Waals surface area contributed by atoms with E-state index in [1.165, 1.54) is 11.1 Å². The van der Waals surface area contributed by atoms with Crippen molar-refractivity contribution in [2.75, 3.05) is 52.6 Å². The van der Waals surface area contributed by atoms with E-state index < -0.39 is 0 Å². The largest absolute Gasteiger partial charge is 0.379 e. The highest BCUT2D eigenvalue weighted by Gasteiger charge is 2.39. The molecule has 2 aromatic carbocycles. The van der Waals surface area contributed by atoms with Gasteiger partial charge in [-0.3, -0.25) is 14.6 Å². The van der Waals surface area contributed by atoms with Gasteiger partial charge in [-0.15, -0.1) is 0 Å². The summed E-state index contributed by atoms with van der Waals surface area (Å²) in [5.74, 6) is 0.587. The number of rotatable bonds is 7. The molecular formula is C26H34N2O3. The third-order valence-corrected chi connectivity index (χ3v) is 6.42. The van der Waals surface area contributed by atoms with Gasteiger partial charge in [-0.05, 0) is 23.1 Å². The molecule has 2 aliphatic heterocycles. The van der Waals surface area contributed by atoms with Crippen molar-refractivity contribution in [1.29, 1.82) is 0 Å². The number of hydrogen-bond acceptors (Lipinski definition) is 5. The van der Waals surface area contributed by atoms with Crippen molar-refractivity contribution < 1.29 is 14.3 Å². The van der Waals surface area contributed by atoms with E-state index in [0.29, 0.717) is 32.3 Å². The maximum atomic E-state index is 14.1. The van der Waals surface area contributed by atoms with Crippen molar-refractivity contribution in [1.82, 2.24) is 9.80 Å². The third kappa shape index (κ3) is 5.24. The zero-order valence-corrected chi connectivity index (χ0v) is 18.7. The molecule has 2 aliphatic rings. The van der Waals surface area contributed by atoms with E-state index in [1.807, 2.05) is 18.2 Å². The number of nitrogens with zero attached hydrogens (tertiary/aromatic N) is 2.